The minimum atomic E-state index is 0. The average molecular weight is 423 g/mol. The number of thiazole rings is 1. The number of benzene rings is 1. The maximum Gasteiger partial charge on any atom is 0.265 e. The van der Waals surface area contributed by atoms with Crippen molar-refractivity contribution in [1.82, 2.24) is 9.88 Å². The van der Waals surface area contributed by atoms with Gasteiger partial charge in [-0.2, -0.15) is 0 Å². The van der Waals surface area contributed by atoms with Crippen LogP contribution in [0.2, 0.25) is 5.02 Å². The summed E-state index contributed by atoms with van der Waals surface area (Å²) < 4.78 is 0. The number of halogens is 3. The maximum absolute atomic E-state index is 12.8. The fraction of sp³-hybridized carbons (Fsp3) is 0.412. The van der Waals surface area contributed by atoms with Gasteiger partial charge in [0.1, 0.15) is 9.88 Å². The summed E-state index contributed by atoms with van der Waals surface area (Å²) in [6.45, 7) is 6.10. The molecule has 0 saturated carbocycles. The van der Waals surface area contributed by atoms with E-state index in [-0.39, 0.29) is 36.1 Å². The Morgan fingerprint density at radius 2 is 2.16 bits per heavy atom. The van der Waals surface area contributed by atoms with Crippen molar-refractivity contribution in [1.29, 1.82) is 0 Å². The highest BCUT2D eigenvalue weighted by Gasteiger charge is 2.36. The van der Waals surface area contributed by atoms with E-state index < -0.39 is 0 Å². The Balaban J connectivity index is 0.00000156. The lowest BCUT2D eigenvalue weighted by Crippen LogP contribution is -2.34. The van der Waals surface area contributed by atoms with E-state index in [0.717, 1.165) is 29.2 Å². The minimum Gasteiger partial charge on any atom is -0.337 e. The first kappa shape index (κ1) is 22.2. The van der Waals surface area contributed by atoms with Gasteiger partial charge in [0, 0.05) is 23.7 Å². The highest BCUT2D eigenvalue weighted by atomic mass is 35.5. The predicted molar refractivity (Wildman–Crippen MR) is 109 cm³/mol. The van der Waals surface area contributed by atoms with Crippen LogP contribution in [-0.4, -0.2) is 35.4 Å². The first-order valence-corrected chi connectivity index (χ1v) is 8.84. The lowest BCUT2D eigenvalue weighted by molar-refractivity contribution is 0.0780. The first-order valence-electron chi connectivity index (χ1n) is 7.64. The normalized spacial score (nSPS) is 19.3. The van der Waals surface area contributed by atoms with Gasteiger partial charge >= 0.3 is 0 Å². The SMILES string of the molecule is Cc1nc(-c2cccc(Cl)c2)sc1C(=O)N1CCC(C)(CN)C1.Cl.Cl. The second-order valence-electron chi connectivity index (χ2n) is 6.44. The van der Waals surface area contributed by atoms with Gasteiger partial charge in [0.15, 0.2) is 0 Å². The number of likely N-dealkylation sites (tertiary alicyclic amines) is 1. The molecule has 1 aromatic carbocycles. The van der Waals surface area contributed by atoms with Crippen molar-refractivity contribution in [2.75, 3.05) is 19.6 Å². The van der Waals surface area contributed by atoms with Crippen LogP contribution in [0.15, 0.2) is 24.3 Å². The van der Waals surface area contributed by atoms with Gasteiger partial charge in [-0.25, -0.2) is 4.98 Å². The molecule has 2 N–H and O–H groups in total. The van der Waals surface area contributed by atoms with Crippen molar-refractivity contribution in [3.05, 3.63) is 39.9 Å². The fourth-order valence-corrected chi connectivity index (χ4v) is 4.07. The van der Waals surface area contributed by atoms with Gasteiger partial charge < -0.3 is 10.6 Å². The Hall–Kier alpha value is -0.850. The molecule has 1 unspecified atom stereocenters. The molecule has 1 aliphatic rings. The first-order chi connectivity index (χ1) is 10.9. The van der Waals surface area contributed by atoms with E-state index in [9.17, 15) is 4.79 Å². The van der Waals surface area contributed by atoms with Crippen LogP contribution in [0, 0.1) is 12.3 Å². The number of carbonyl (C=O) groups is 1. The van der Waals surface area contributed by atoms with Crippen LogP contribution in [0.5, 0.6) is 0 Å². The molecule has 138 valence electrons. The molecule has 1 amide bonds. The monoisotopic (exact) mass is 421 g/mol. The summed E-state index contributed by atoms with van der Waals surface area (Å²) in [6.07, 6.45) is 0.953. The van der Waals surface area contributed by atoms with Crippen molar-refractivity contribution in [2.24, 2.45) is 11.1 Å². The Kier molecular flexibility index (Phi) is 7.71. The van der Waals surface area contributed by atoms with Crippen molar-refractivity contribution < 1.29 is 4.79 Å². The van der Waals surface area contributed by atoms with Crippen LogP contribution >= 0.6 is 47.8 Å². The Morgan fingerprint density at radius 3 is 2.76 bits per heavy atom. The molecule has 1 saturated heterocycles. The number of nitrogens with zero attached hydrogens (tertiary/aromatic N) is 2. The van der Waals surface area contributed by atoms with Gasteiger partial charge in [0.2, 0.25) is 0 Å². The molecule has 4 nitrogen and oxygen atoms in total. The number of hydrogen-bond donors (Lipinski definition) is 1. The second-order valence-corrected chi connectivity index (χ2v) is 7.87. The highest BCUT2D eigenvalue weighted by molar-refractivity contribution is 7.17. The number of amides is 1. The van der Waals surface area contributed by atoms with Crippen LogP contribution in [0.3, 0.4) is 0 Å². The summed E-state index contributed by atoms with van der Waals surface area (Å²) in [4.78, 5) is 20.0. The summed E-state index contributed by atoms with van der Waals surface area (Å²) >= 11 is 7.48. The number of rotatable bonds is 3. The van der Waals surface area contributed by atoms with E-state index in [4.69, 9.17) is 17.3 Å². The van der Waals surface area contributed by atoms with Crippen LogP contribution in [0.25, 0.3) is 10.6 Å². The molecule has 3 rings (SSSR count). The van der Waals surface area contributed by atoms with Crippen LogP contribution in [-0.2, 0) is 0 Å². The summed E-state index contributed by atoms with van der Waals surface area (Å²) in [5, 5.41) is 1.50. The Labute approximate surface area is 169 Å². The van der Waals surface area contributed by atoms with E-state index >= 15 is 0 Å². The smallest absolute Gasteiger partial charge is 0.265 e. The van der Waals surface area contributed by atoms with Crippen molar-refractivity contribution in [2.45, 2.75) is 20.3 Å². The van der Waals surface area contributed by atoms with Gasteiger partial charge in [-0.05, 0) is 37.4 Å². The minimum absolute atomic E-state index is 0. The molecule has 2 heterocycles. The van der Waals surface area contributed by atoms with Gasteiger partial charge in [-0.1, -0.05) is 30.7 Å². The molecule has 8 heteroatoms. The third kappa shape index (κ3) is 4.66. The molecular weight excluding hydrogens is 401 g/mol. The topological polar surface area (TPSA) is 59.2 Å². The van der Waals surface area contributed by atoms with Crippen molar-refractivity contribution in [3.63, 3.8) is 0 Å². The molecule has 25 heavy (non-hydrogen) atoms. The maximum atomic E-state index is 12.8. The summed E-state index contributed by atoms with van der Waals surface area (Å²) in [7, 11) is 0. The Bertz CT molecular complexity index is 752. The molecule has 0 spiro atoms. The molecule has 0 bridgehead atoms. The number of hydrogen-bond acceptors (Lipinski definition) is 4. The average Bonchev–Trinajstić information content (AvgIpc) is 3.11. The van der Waals surface area contributed by atoms with E-state index in [1.165, 1.54) is 11.3 Å². The quantitative estimate of drug-likeness (QED) is 0.796. The number of nitrogens with two attached hydrogens (primary N) is 1. The zero-order valence-electron chi connectivity index (χ0n) is 14.1. The molecule has 0 radical (unpaired) electrons. The number of aryl methyl sites for hydroxylation is 1. The lowest BCUT2D eigenvalue weighted by Gasteiger charge is -2.22. The van der Waals surface area contributed by atoms with Gasteiger partial charge in [0.05, 0.1) is 5.69 Å². The molecule has 0 aliphatic carbocycles. The molecule has 1 fully saturated rings. The molecular formula is C17H22Cl3N3OS. The van der Waals surface area contributed by atoms with Gasteiger partial charge in [-0.3, -0.25) is 4.79 Å². The highest BCUT2D eigenvalue weighted by Crippen LogP contribution is 2.33. The second kappa shape index (κ2) is 8.69. The summed E-state index contributed by atoms with van der Waals surface area (Å²) in [5.74, 6) is 0.0606. The molecule has 1 aromatic heterocycles. The van der Waals surface area contributed by atoms with Crippen molar-refractivity contribution >= 4 is 53.7 Å². The fourth-order valence-electron chi connectivity index (χ4n) is 2.85. The zero-order valence-corrected chi connectivity index (χ0v) is 17.3. The number of carbonyl (C=O) groups excluding carboxylic acids is 1. The lowest BCUT2D eigenvalue weighted by atomic mass is 9.90. The zero-order chi connectivity index (χ0) is 16.6. The molecule has 2 aromatic rings. The number of aromatic nitrogens is 1. The summed E-state index contributed by atoms with van der Waals surface area (Å²) in [6, 6.07) is 7.55. The summed E-state index contributed by atoms with van der Waals surface area (Å²) in [5.41, 5.74) is 7.58. The third-order valence-electron chi connectivity index (χ3n) is 4.40. The van der Waals surface area contributed by atoms with Crippen molar-refractivity contribution in [3.8, 4) is 10.6 Å². The standard InChI is InChI=1S/C17H20ClN3OS.2ClH/c1-11-14(16(22)21-7-6-17(2,9-19)10-21)23-15(20-11)12-4-3-5-13(18)8-12;;/h3-5,8H,6-7,9-10,19H2,1-2H3;2*1H. The largest absolute Gasteiger partial charge is 0.337 e. The van der Waals surface area contributed by atoms with Crippen LogP contribution in [0.4, 0.5) is 0 Å². The van der Waals surface area contributed by atoms with Gasteiger partial charge in [-0.15, -0.1) is 36.2 Å². The third-order valence-corrected chi connectivity index (χ3v) is 5.83. The van der Waals surface area contributed by atoms with E-state index in [1.54, 1.807) is 0 Å². The van der Waals surface area contributed by atoms with E-state index in [0.29, 0.717) is 23.0 Å². The van der Waals surface area contributed by atoms with Crippen LogP contribution < -0.4 is 5.73 Å². The molecule has 1 aliphatic heterocycles. The molecule has 1 atom stereocenters. The van der Waals surface area contributed by atoms with Crippen LogP contribution in [0.1, 0.15) is 28.7 Å². The Morgan fingerprint density at radius 1 is 1.44 bits per heavy atom. The van der Waals surface area contributed by atoms with E-state index in [2.05, 4.69) is 11.9 Å². The van der Waals surface area contributed by atoms with E-state index in [1.807, 2.05) is 36.1 Å². The predicted octanol–water partition coefficient (Wildman–Crippen LogP) is 4.43. The van der Waals surface area contributed by atoms with Gasteiger partial charge in [0.25, 0.3) is 5.91 Å².